The van der Waals surface area contributed by atoms with E-state index in [9.17, 15) is 17.6 Å². The van der Waals surface area contributed by atoms with Crippen molar-refractivity contribution in [3.63, 3.8) is 0 Å². The van der Waals surface area contributed by atoms with Gasteiger partial charge < -0.3 is 5.84 Å². The van der Waals surface area contributed by atoms with E-state index in [1.807, 2.05) is 0 Å². The monoisotopic (exact) mass is 278 g/mol. The van der Waals surface area contributed by atoms with Gasteiger partial charge in [-0.25, -0.2) is 14.2 Å². The van der Waals surface area contributed by atoms with Crippen LogP contribution in [0, 0.1) is 10.6 Å². The van der Waals surface area contributed by atoms with Crippen LogP contribution in [-0.2, 0) is 6.18 Å². The number of nitrogen functional groups attached to an aromatic ring is 1. The van der Waals surface area contributed by atoms with Crippen LogP contribution in [0.15, 0.2) is 18.2 Å². The van der Waals surface area contributed by atoms with Crippen LogP contribution in [0.5, 0.6) is 0 Å². The third-order valence-electron chi connectivity index (χ3n) is 2.25. The Morgan fingerprint density at radius 1 is 1.33 bits per heavy atom. The van der Waals surface area contributed by atoms with Crippen molar-refractivity contribution in [1.29, 1.82) is 0 Å². The van der Waals surface area contributed by atoms with Crippen molar-refractivity contribution in [1.82, 2.24) is 14.9 Å². The zero-order valence-electron chi connectivity index (χ0n) is 8.62. The number of hydrogen-bond donors (Lipinski definition) is 2. The Morgan fingerprint density at radius 3 is 2.50 bits per heavy atom. The van der Waals surface area contributed by atoms with Crippen LogP contribution >= 0.6 is 12.2 Å². The number of H-pyrrole nitrogens is 1. The molecule has 0 unspecified atom stereocenters. The molecule has 0 aliphatic rings. The predicted octanol–water partition coefficient (Wildman–Crippen LogP) is 2.48. The number of alkyl halides is 3. The van der Waals surface area contributed by atoms with Crippen LogP contribution in [-0.4, -0.2) is 14.9 Å². The Morgan fingerprint density at radius 2 is 2.00 bits per heavy atom. The molecule has 0 radical (unpaired) electrons. The van der Waals surface area contributed by atoms with Crippen molar-refractivity contribution in [3.05, 3.63) is 34.4 Å². The molecular formula is C9H6F4N4S. The molecule has 0 bridgehead atoms. The number of nitrogens with zero attached hydrogens (tertiary/aromatic N) is 2. The third kappa shape index (κ3) is 1.96. The van der Waals surface area contributed by atoms with Gasteiger partial charge in [0.25, 0.3) is 0 Å². The van der Waals surface area contributed by atoms with Crippen LogP contribution < -0.4 is 5.84 Å². The average molecular weight is 278 g/mol. The fourth-order valence-electron chi connectivity index (χ4n) is 1.42. The number of nitrogens with one attached hydrogen (secondary N) is 1. The molecule has 0 saturated heterocycles. The van der Waals surface area contributed by atoms with Crippen LogP contribution in [0.25, 0.3) is 11.4 Å². The first kappa shape index (κ1) is 12.6. The second kappa shape index (κ2) is 4.09. The second-order valence-electron chi connectivity index (χ2n) is 3.39. The molecule has 9 heteroatoms. The van der Waals surface area contributed by atoms with Gasteiger partial charge in [-0.3, -0.25) is 0 Å². The van der Waals surface area contributed by atoms with Crippen molar-refractivity contribution < 1.29 is 17.6 Å². The molecule has 96 valence electrons. The lowest BCUT2D eigenvalue weighted by Crippen LogP contribution is -2.13. The largest absolute Gasteiger partial charge is 0.419 e. The standard InChI is InChI=1S/C9H6F4N4S/c10-6-4(7-15-16-8(18)17(7)14)2-1-3-5(6)9(11,12)13/h1-3H,14H2,(H,16,18). The van der Waals surface area contributed by atoms with E-state index in [1.165, 1.54) is 0 Å². The van der Waals surface area contributed by atoms with Crippen molar-refractivity contribution in [2.24, 2.45) is 0 Å². The van der Waals surface area contributed by atoms with Gasteiger partial charge in [0.2, 0.25) is 4.77 Å². The molecule has 3 N–H and O–H groups in total. The Balaban J connectivity index is 2.67. The predicted molar refractivity (Wildman–Crippen MR) is 58.0 cm³/mol. The van der Waals surface area contributed by atoms with Gasteiger partial charge in [-0.05, 0) is 24.4 Å². The highest BCUT2D eigenvalue weighted by molar-refractivity contribution is 7.71. The fraction of sp³-hybridized carbons (Fsp3) is 0.111. The summed E-state index contributed by atoms with van der Waals surface area (Å²) in [6, 6.07) is 2.85. The SMILES string of the molecule is Nn1c(-c2cccc(C(F)(F)F)c2F)n[nH]c1=S. The molecule has 1 aromatic heterocycles. The van der Waals surface area contributed by atoms with E-state index in [0.717, 1.165) is 16.8 Å². The summed E-state index contributed by atoms with van der Waals surface area (Å²) in [5.41, 5.74) is -1.76. The Labute approximate surface area is 103 Å². The summed E-state index contributed by atoms with van der Waals surface area (Å²) in [6.07, 6.45) is -4.79. The number of rotatable bonds is 1. The van der Waals surface area contributed by atoms with E-state index in [2.05, 4.69) is 10.2 Å². The lowest BCUT2D eigenvalue weighted by molar-refractivity contribution is -0.139. The molecule has 0 spiro atoms. The van der Waals surface area contributed by atoms with Gasteiger partial charge in [0, 0.05) is 0 Å². The van der Waals surface area contributed by atoms with E-state index in [1.54, 1.807) is 0 Å². The molecule has 1 heterocycles. The number of hydrogen-bond acceptors (Lipinski definition) is 3. The number of nitrogens with two attached hydrogens (primary N) is 1. The third-order valence-corrected chi connectivity index (χ3v) is 2.54. The zero-order valence-corrected chi connectivity index (χ0v) is 9.44. The molecule has 0 saturated carbocycles. The molecule has 0 atom stereocenters. The first-order valence-electron chi connectivity index (χ1n) is 4.61. The van der Waals surface area contributed by atoms with Crippen molar-refractivity contribution >= 4 is 12.2 Å². The number of aromatic amines is 1. The summed E-state index contributed by atoms with van der Waals surface area (Å²) in [4.78, 5) is 0. The summed E-state index contributed by atoms with van der Waals surface area (Å²) in [7, 11) is 0. The van der Waals surface area contributed by atoms with Gasteiger partial charge in [0.1, 0.15) is 5.82 Å². The normalized spacial score (nSPS) is 11.8. The van der Waals surface area contributed by atoms with Crippen LogP contribution in [0.2, 0.25) is 0 Å². The maximum absolute atomic E-state index is 13.8. The highest BCUT2D eigenvalue weighted by atomic mass is 32.1. The van der Waals surface area contributed by atoms with Crippen LogP contribution in [0.1, 0.15) is 5.56 Å². The van der Waals surface area contributed by atoms with Crippen molar-refractivity contribution in [2.75, 3.05) is 5.84 Å². The summed E-state index contributed by atoms with van der Waals surface area (Å²) in [5, 5.41) is 5.85. The Hall–Kier alpha value is -1.90. The summed E-state index contributed by atoms with van der Waals surface area (Å²) < 4.78 is 52.1. The smallest absolute Gasteiger partial charge is 0.335 e. The molecule has 18 heavy (non-hydrogen) atoms. The average Bonchev–Trinajstić information content (AvgIpc) is 2.59. The topological polar surface area (TPSA) is 59.6 Å². The van der Waals surface area contributed by atoms with Crippen molar-refractivity contribution in [2.45, 2.75) is 6.18 Å². The molecule has 0 aliphatic carbocycles. The number of benzene rings is 1. The molecule has 0 amide bonds. The molecule has 0 aliphatic heterocycles. The minimum atomic E-state index is -4.79. The van der Waals surface area contributed by atoms with Crippen LogP contribution in [0.3, 0.4) is 0 Å². The van der Waals surface area contributed by atoms with E-state index >= 15 is 0 Å². The maximum Gasteiger partial charge on any atom is 0.419 e. The van der Waals surface area contributed by atoms with Gasteiger partial charge in [-0.15, -0.1) is 0 Å². The van der Waals surface area contributed by atoms with E-state index in [4.69, 9.17) is 18.1 Å². The minimum absolute atomic E-state index is 0.0261. The van der Waals surface area contributed by atoms with Gasteiger partial charge >= 0.3 is 6.18 Å². The number of aromatic nitrogens is 3. The minimum Gasteiger partial charge on any atom is -0.335 e. The van der Waals surface area contributed by atoms with Crippen LogP contribution in [0.4, 0.5) is 17.6 Å². The van der Waals surface area contributed by atoms with E-state index in [0.29, 0.717) is 6.07 Å². The van der Waals surface area contributed by atoms with E-state index in [-0.39, 0.29) is 16.2 Å². The number of halogens is 4. The lowest BCUT2D eigenvalue weighted by atomic mass is 10.1. The van der Waals surface area contributed by atoms with Gasteiger partial charge in [-0.1, -0.05) is 6.07 Å². The first-order valence-corrected chi connectivity index (χ1v) is 5.01. The Kier molecular flexibility index (Phi) is 2.85. The van der Waals surface area contributed by atoms with Gasteiger partial charge in [0.15, 0.2) is 5.82 Å². The van der Waals surface area contributed by atoms with Gasteiger partial charge in [-0.2, -0.15) is 18.3 Å². The summed E-state index contributed by atoms with van der Waals surface area (Å²) >= 11 is 4.70. The second-order valence-corrected chi connectivity index (χ2v) is 3.77. The van der Waals surface area contributed by atoms with Crippen molar-refractivity contribution in [3.8, 4) is 11.4 Å². The molecule has 0 fully saturated rings. The zero-order chi connectivity index (χ0) is 13.5. The summed E-state index contributed by atoms with van der Waals surface area (Å²) in [5.74, 6) is 3.79. The fourth-order valence-corrected chi connectivity index (χ4v) is 1.55. The first-order chi connectivity index (χ1) is 8.32. The maximum atomic E-state index is 13.8. The molecular weight excluding hydrogens is 272 g/mol. The quantitative estimate of drug-likeness (QED) is 0.478. The lowest BCUT2D eigenvalue weighted by Gasteiger charge is -2.10. The highest BCUT2D eigenvalue weighted by Crippen LogP contribution is 2.34. The van der Waals surface area contributed by atoms with E-state index < -0.39 is 17.6 Å². The molecule has 1 aromatic carbocycles. The van der Waals surface area contributed by atoms with Gasteiger partial charge in [0.05, 0.1) is 11.1 Å². The molecule has 2 aromatic rings. The summed E-state index contributed by atoms with van der Waals surface area (Å²) in [6.45, 7) is 0. The highest BCUT2D eigenvalue weighted by Gasteiger charge is 2.35. The molecule has 2 rings (SSSR count). The molecule has 4 nitrogen and oxygen atoms in total. The Bertz CT molecular complexity index is 643.